The molecule has 2 amide bonds. The van der Waals surface area contributed by atoms with E-state index in [4.69, 9.17) is 4.74 Å². The number of Topliss-reactive ketones (excluding diaryl/α,β-unsaturated/α-hetero) is 1. The molecule has 3 aliphatic rings. The minimum Gasteiger partial charge on any atom is -0.465 e. The summed E-state index contributed by atoms with van der Waals surface area (Å²) in [6, 6.07) is 12.9. The van der Waals surface area contributed by atoms with E-state index in [9.17, 15) is 19.2 Å². The van der Waals surface area contributed by atoms with Crippen LogP contribution < -0.4 is 4.90 Å². The lowest BCUT2D eigenvalue weighted by atomic mass is 9.84. The van der Waals surface area contributed by atoms with Gasteiger partial charge in [0.25, 0.3) is 0 Å². The fourth-order valence-electron chi connectivity index (χ4n) is 5.21. The maximum atomic E-state index is 13.7. The molecule has 0 spiro atoms. The van der Waals surface area contributed by atoms with E-state index in [-0.39, 0.29) is 17.0 Å². The van der Waals surface area contributed by atoms with Gasteiger partial charge in [0.05, 0.1) is 42.3 Å². The summed E-state index contributed by atoms with van der Waals surface area (Å²) in [5.41, 5.74) is 2.19. The fourth-order valence-corrected chi connectivity index (χ4v) is 5.21. The SMILES string of the molecule is COC(=O)c1ccccc1N1C(=O)[C@@H]2[C@H](C1=O)[C@H]1c3ccccc3C=CN1[C@H]2C(C)=O. The highest BCUT2D eigenvalue weighted by molar-refractivity contribution is 6.25. The van der Waals surface area contributed by atoms with Gasteiger partial charge < -0.3 is 9.64 Å². The third-order valence-electron chi connectivity index (χ3n) is 6.43. The molecule has 0 aliphatic carbocycles. The number of esters is 1. The molecular formula is C24H20N2O5. The number of benzene rings is 2. The number of nitrogens with zero attached hydrogens (tertiary/aromatic N) is 2. The number of fused-ring (bicyclic) bond motifs is 5. The summed E-state index contributed by atoms with van der Waals surface area (Å²) in [5.74, 6) is -3.23. The number of rotatable bonds is 3. The number of amides is 2. The van der Waals surface area contributed by atoms with Crippen LogP contribution in [0.25, 0.3) is 6.08 Å². The average molecular weight is 416 g/mol. The molecule has 3 aliphatic heterocycles. The highest BCUT2D eigenvalue weighted by Gasteiger charge is 2.64. The molecule has 0 aromatic heterocycles. The molecule has 2 fully saturated rings. The maximum Gasteiger partial charge on any atom is 0.339 e. The molecule has 0 radical (unpaired) electrons. The number of anilines is 1. The van der Waals surface area contributed by atoms with Crippen LogP contribution in [0.1, 0.15) is 34.5 Å². The van der Waals surface area contributed by atoms with E-state index in [0.29, 0.717) is 0 Å². The van der Waals surface area contributed by atoms with Crippen molar-refractivity contribution in [1.29, 1.82) is 0 Å². The van der Waals surface area contributed by atoms with Crippen molar-refractivity contribution in [3.8, 4) is 0 Å². The summed E-state index contributed by atoms with van der Waals surface area (Å²) in [6.45, 7) is 1.45. The monoisotopic (exact) mass is 416 g/mol. The van der Waals surface area contributed by atoms with Crippen molar-refractivity contribution in [1.82, 2.24) is 4.90 Å². The lowest BCUT2D eigenvalue weighted by molar-refractivity contribution is -0.129. The lowest BCUT2D eigenvalue weighted by Gasteiger charge is -2.35. The van der Waals surface area contributed by atoms with Gasteiger partial charge in [-0.1, -0.05) is 36.4 Å². The van der Waals surface area contributed by atoms with Crippen molar-refractivity contribution in [3.05, 3.63) is 71.4 Å². The van der Waals surface area contributed by atoms with Crippen molar-refractivity contribution in [2.24, 2.45) is 11.8 Å². The van der Waals surface area contributed by atoms with Crippen molar-refractivity contribution >= 4 is 35.3 Å². The van der Waals surface area contributed by atoms with Crippen LogP contribution >= 0.6 is 0 Å². The van der Waals surface area contributed by atoms with Crippen molar-refractivity contribution in [3.63, 3.8) is 0 Å². The van der Waals surface area contributed by atoms with Gasteiger partial charge in [0.1, 0.15) is 0 Å². The summed E-state index contributed by atoms with van der Waals surface area (Å²) in [4.78, 5) is 55.1. The number of carbonyl (C=O) groups is 4. The third-order valence-corrected chi connectivity index (χ3v) is 6.43. The van der Waals surface area contributed by atoms with Crippen molar-refractivity contribution in [2.45, 2.75) is 19.0 Å². The second-order valence-corrected chi connectivity index (χ2v) is 7.96. The van der Waals surface area contributed by atoms with Crippen molar-refractivity contribution < 1.29 is 23.9 Å². The first kappa shape index (κ1) is 19.2. The summed E-state index contributed by atoms with van der Waals surface area (Å²) in [5, 5.41) is 0. The van der Waals surface area contributed by atoms with Gasteiger partial charge in [-0.05, 0) is 36.3 Å². The predicted octanol–water partition coefficient (Wildman–Crippen LogP) is 2.58. The number of imide groups is 1. The van der Waals surface area contributed by atoms with E-state index < -0.39 is 41.7 Å². The molecule has 4 atom stereocenters. The first-order valence-corrected chi connectivity index (χ1v) is 10.1. The predicted molar refractivity (Wildman–Crippen MR) is 112 cm³/mol. The zero-order valence-corrected chi connectivity index (χ0v) is 17.0. The first-order valence-electron chi connectivity index (χ1n) is 10.1. The van der Waals surface area contributed by atoms with Crippen LogP contribution in [-0.4, -0.2) is 41.6 Å². The standard InChI is InChI=1S/C24H20N2O5/c1-13(27)20-18-19(21-15-8-4-3-7-14(15)11-12-25(20)21)23(29)26(22(18)28)17-10-6-5-9-16(17)24(30)31-2/h3-12,18-21H,1-2H3/t18-,19+,20+,21-/m1/s1. The summed E-state index contributed by atoms with van der Waals surface area (Å²) < 4.78 is 4.83. The van der Waals surface area contributed by atoms with Crippen LogP contribution in [0, 0.1) is 11.8 Å². The Balaban J connectivity index is 1.66. The van der Waals surface area contributed by atoms with Gasteiger partial charge in [-0.25, -0.2) is 9.69 Å². The molecule has 2 saturated heterocycles. The van der Waals surface area contributed by atoms with Crippen LogP contribution in [0.2, 0.25) is 0 Å². The van der Waals surface area contributed by atoms with Crippen LogP contribution in [0.5, 0.6) is 0 Å². The molecular weight excluding hydrogens is 396 g/mol. The Hall–Kier alpha value is -3.74. The van der Waals surface area contributed by atoms with Crippen LogP contribution in [0.4, 0.5) is 5.69 Å². The molecule has 0 bridgehead atoms. The largest absolute Gasteiger partial charge is 0.465 e. The quantitative estimate of drug-likeness (QED) is 0.565. The summed E-state index contributed by atoms with van der Waals surface area (Å²) in [6.07, 6.45) is 3.72. The summed E-state index contributed by atoms with van der Waals surface area (Å²) in [7, 11) is 1.25. The lowest BCUT2D eigenvalue weighted by Crippen LogP contribution is -2.43. The minimum atomic E-state index is -0.823. The van der Waals surface area contributed by atoms with E-state index in [0.717, 1.165) is 16.0 Å². The van der Waals surface area contributed by atoms with Gasteiger partial charge in [-0.15, -0.1) is 0 Å². The van der Waals surface area contributed by atoms with Crippen molar-refractivity contribution in [2.75, 3.05) is 12.0 Å². The minimum absolute atomic E-state index is 0.131. The Morgan fingerprint density at radius 2 is 1.61 bits per heavy atom. The zero-order chi connectivity index (χ0) is 21.9. The van der Waals surface area contributed by atoms with E-state index in [1.807, 2.05) is 41.4 Å². The van der Waals surface area contributed by atoms with Gasteiger partial charge >= 0.3 is 5.97 Å². The third kappa shape index (κ3) is 2.59. The smallest absolute Gasteiger partial charge is 0.339 e. The zero-order valence-electron chi connectivity index (χ0n) is 17.0. The van der Waals surface area contributed by atoms with Crippen LogP contribution in [0.3, 0.4) is 0 Å². The molecule has 2 aromatic rings. The Morgan fingerprint density at radius 1 is 0.935 bits per heavy atom. The molecule has 7 nitrogen and oxygen atoms in total. The Kier molecular flexibility index (Phi) is 4.28. The summed E-state index contributed by atoms with van der Waals surface area (Å²) >= 11 is 0. The van der Waals surface area contributed by atoms with Crippen LogP contribution in [-0.2, 0) is 19.1 Å². The first-order chi connectivity index (χ1) is 15.0. The topological polar surface area (TPSA) is 84.0 Å². The second kappa shape index (κ2) is 6.91. The van der Waals surface area contributed by atoms with Gasteiger partial charge in [0.2, 0.25) is 11.8 Å². The number of carbonyl (C=O) groups excluding carboxylic acids is 4. The number of ether oxygens (including phenoxy) is 1. The van der Waals surface area contributed by atoms with E-state index in [2.05, 4.69) is 0 Å². The number of hydrogen-bond acceptors (Lipinski definition) is 6. The second-order valence-electron chi connectivity index (χ2n) is 7.96. The van der Waals surface area contributed by atoms with E-state index in [1.165, 1.54) is 20.1 Å². The molecule has 7 heteroatoms. The molecule has 0 N–H and O–H groups in total. The molecule has 31 heavy (non-hydrogen) atoms. The number of para-hydroxylation sites is 1. The van der Waals surface area contributed by atoms with E-state index >= 15 is 0 Å². The molecule has 156 valence electrons. The molecule has 2 aromatic carbocycles. The number of ketones is 1. The maximum absolute atomic E-state index is 13.7. The highest BCUT2D eigenvalue weighted by Crippen LogP contribution is 2.53. The van der Waals surface area contributed by atoms with Gasteiger partial charge in [-0.2, -0.15) is 0 Å². The Bertz CT molecular complexity index is 1170. The van der Waals surface area contributed by atoms with Gasteiger partial charge in [0.15, 0.2) is 5.78 Å². The molecule has 0 unspecified atom stereocenters. The molecule has 3 heterocycles. The van der Waals surface area contributed by atoms with Gasteiger partial charge in [0, 0.05) is 6.20 Å². The Labute approximate surface area is 178 Å². The van der Waals surface area contributed by atoms with E-state index in [1.54, 1.807) is 18.2 Å². The number of hydrogen-bond donors (Lipinski definition) is 0. The normalized spacial score (nSPS) is 25.9. The molecule has 5 rings (SSSR count). The fraction of sp³-hybridized carbons (Fsp3) is 0.250. The number of methoxy groups -OCH3 is 1. The average Bonchev–Trinajstić information content (AvgIpc) is 3.26. The molecule has 0 saturated carbocycles. The Morgan fingerprint density at radius 3 is 2.35 bits per heavy atom. The van der Waals surface area contributed by atoms with Crippen LogP contribution in [0.15, 0.2) is 54.7 Å². The van der Waals surface area contributed by atoms with Gasteiger partial charge in [-0.3, -0.25) is 14.4 Å². The highest BCUT2D eigenvalue weighted by atomic mass is 16.5.